The summed E-state index contributed by atoms with van der Waals surface area (Å²) in [6, 6.07) is 0. The molecule has 0 aliphatic rings. The van der Waals surface area contributed by atoms with Crippen LogP contribution in [0.1, 0.15) is 18.3 Å². The van der Waals surface area contributed by atoms with Crippen LogP contribution < -0.4 is 4.57 Å². The van der Waals surface area contributed by atoms with Gasteiger partial charge in [0, 0.05) is 6.42 Å². The lowest BCUT2D eigenvalue weighted by Crippen LogP contribution is -2.33. The zero-order valence-electron chi connectivity index (χ0n) is 6.76. The van der Waals surface area contributed by atoms with Crippen molar-refractivity contribution in [3.8, 4) is 0 Å². The van der Waals surface area contributed by atoms with Gasteiger partial charge in [-0.15, -0.1) is 0 Å². The maximum absolute atomic E-state index is 4.19. The predicted molar refractivity (Wildman–Crippen MR) is 39.5 cm³/mol. The first-order valence-corrected chi connectivity index (χ1v) is 3.55. The zero-order chi connectivity index (χ0) is 7.56. The number of aromatic nitrogens is 2. The molecular formula is C8H13N2+. The molecule has 0 saturated carbocycles. The molecule has 1 aromatic heterocycles. The smallest absolute Gasteiger partial charge is 0.199 e. The molecule has 1 aromatic rings. The van der Waals surface area contributed by atoms with Gasteiger partial charge in [0.15, 0.2) is 11.9 Å². The topological polar surface area (TPSA) is 16.8 Å². The normalized spacial score (nSPS) is 9.90. The van der Waals surface area contributed by atoms with Crippen molar-refractivity contribution in [2.75, 3.05) is 0 Å². The van der Waals surface area contributed by atoms with E-state index in [0.29, 0.717) is 0 Å². The van der Waals surface area contributed by atoms with Crippen molar-refractivity contribution in [2.45, 2.75) is 20.3 Å². The molecule has 0 amide bonds. The van der Waals surface area contributed by atoms with Crippen LogP contribution in [0, 0.1) is 6.92 Å². The second kappa shape index (κ2) is 2.78. The summed E-state index contributed by atoms with van der Waals surface area (Å²) in [5, 5.41) is 0. The molecule has 0 atom stereocenters. The van der Waals surface area contributed by atoms with E-state index in [4.69, 9.17) is 0 Å². The van der Waals surface area contributed by atoms with Gasteiger partial charge in [0.25, 0.3) is 0 Å². The van der Waals surface area contributed by atoms with Crippen molar-refractivity contribution in [3.63, 3.8) is 0 Å². The number of rotatable bonds is 1. The molecule has 0 bridgehead atoms. The summed E-state index contributed by atoms with van der Waals surface area (Å²) < 4.78 is 2.11. The third-order valence-electron chi connectivity index (χ3n) is 1.61. The van der Waals surface area contributed by atoms with Gasteiger partial charge >= 0.3 is 0 Å². The molecule has 1 heterocycles. The average molecular weight is 137 g/mol. The van der Waals surface area contributed by atoms with Crippen LogP contribution in [0.2, 0.25) is 0 Å². The first-order valence-electron chi connectivity index (χ1n) is 3.55. The molecule has 0 aliphatic carbocycles. The Morgan fingerprint density at radius 2 is 2.30 bits per heavy atom. The Hall–Kier alpha value is -0.920. The van der Waals surface area contributed by atoms with Crippen LogP contribution >= 0.6 is 0 Å². The monoisotopic (exact) mass is 137 g/mol. The van der Waals surface area contributed by atoms with Gasteiger partial charge in [0.1, 0.15) is 12.7 Å². The summed E-state index contributed by atoms with van der Waals surface area (Å²) in [6.45, 7) is 4.13. The first kappa shape index (κ1) is 7.19. The number of aryl methyl sites for hydroxylation is 3. The minimum Gasteiger partial charge on any atom is -0.249 e. The molecule has 2 heteroatoms. The fourth-order valence-electron chi connectivity index (χ4n) is 1.00. The van der Waals surface area contributed by atoms with E-state index < -0.39 is 0 Å². The summed E-state index contributed by atoms with van der Waals surface area (Å²) in [7, 11) is 2.05. The molecular weight excluding hydrogens is 124 g/mol. The van der Waals surface area contributed by atoms with E-state index >= 15 is 0 Å². The van der Waals surface area contributed by atoms with Crippen LogP contribution in [0.15, 0.2) is 12.4 Å². The average Bonchev–Trinajstić information content (AvgIpc) is 1.88. The number of hydrogen-bond donors (Lipinski definition) is 0. The van der Waals surface area contributed by atoms with Crippen LogP contribution in [-0.2, 0) is 13.5 Å². The van der Waals surface area contributed by atoms with Crippen LogP contribution in [0.3, 0.4) is 0 Å². The summed E-state index contributed by atoms with van der Waals surface area (Å²) >= 11 is 0. The summed E-state index contributed by atoms with van der Waals surface area (Å²) in [5.41, 5.74) is 2.34. The van der Waals surface area contributed by atoms with E-state index in [9.17, 15) is 0 Å². The highest BCUT2D eigenvalue weighted by Crippen LogP contribution is 1.90. The summed E-state index contributed by atoms with van der Waals surface area (Å²) in [5.74, 6) is 0. The second-order valence-electron chi connectivity index (χ2n) is 2.48. The van der Waals surface area contributed by atoms with Gasteiger partial charge in [-0.1, -0.05) is 6.92 Å². The lowest BCUT2D eigenvalue weighted by atomic mass is 10.3. The molecule has 0 saturated heterocycles. The van der Waals surface area contributed by atoms with E-state index in [-0.39, 0.29) is 0 Å². The van der Waals surface area contributed by atoms with Crippen LogP contribution in [0.25, 0.3) is 0 Å². The first-order chi connectivity index (χ1) is 4.74. The highest BCUT2D eigenvalue weighted by atomic mass is 14.9. The Morgan fingerprint density at radius 3 is 2.80 bits per heavy atom. The van der Waals surface area contributed by atoms with Crippen LogP contribution in [0.5, 0.6) is 0 Å². The predicted octanol–water partition coefficient (Wildman–Crippen LogP) is 0.777. The maximum Gasteiger partial charge on any atom is 0.199 e. The van der Waals surface area contributed by atoms with Gasteiger partial charge in [-0.3, -0.25) is 0 Å². The van der Waals surface area contributed by atoms with Crippen molar-refractivity contribution >= 4 is 0 Å². The molecule has 0 aromatic carbocycles. The van der Waals surface area contributed by atoms with Gasteiger partial charge in [-0.2, -0.15) is 0 Å². The molecule has 54 valence electrons. The van der Waals surface area contributed by atoms with E-state index in [0.717, 1.165) is 12.1 Å². The van der Waals surface area contributed by atoms with E-state index in [1.54, 1.807) is 0 Å². The van der Waals surface area contributed by atoms with Crippen molar-refractivity contribution in [1.29, 1.82) is 0 Å². The van der Waals surface area contributed by atoms with E-state index in [1.807, 2.05) is 26.4 Å². The van der Waals surface area contributed by atoms with E-state index in [1.165, 1.54) is 5.69 Å². The summed E-state index contributed by atoms with van der Waals surface area (Å²) in [6.07, 6.45) is 5.01. The summed E-state index contributed by atoms with van der Waals surface area (Å²) in [4.78, 5) is 4.19. The van der Waals surface area contributed by atoms with Gasteiger partial charge in [0.05, 0.1) is 6.20 Å². The Labute approximate surface area is 61.5 Å². The van der Waals surface area contributed by atoms with Crippen LogP contribution in [0.4, 0.5) is 0 Å². The minimum absolute atomic E-state index is 1.05. The molecule has 0 spiro atoms. The Balaban J connectivity index is 3.07. The lowest BCUT2D eigenvalue weighted by Gasteiger charge is -1.94. The van der Waals surface area contributed by atoms with E-state index in [2.05, 4.69) is 16.5 Å². The zero-order valence-corrected chi connectivity index (χ0v) is 6.76. The fourth-order valence-corrected chi connectivity index (χ4v) is 1.00. The fraction of sp³-hybridized carbons (Fsp3) is 0.500. The Morgan fingerprint density at radius 1 is 1.60 bits per heavy atom. The Bertz CT molecular complexity index is 231. The Kier molecular flexibility index (Phi) is 2.00. The lowest BCUT2D eigenvalue weighted by molar-refractivity contribution is -0.679. The molecule has 0 unspecified atom stereocenters. The standard InChI is InChI=1S/C8H13N2/c1-4-8-5-9-7(2)6-10(8)3/h5-6H,4H2,1-3H3/q+1. The SMILES string of the molecule is CCc1cnc(C)c[n+]1C. The second-order valence-corrected chi connectivity index (χ2v) is 2.48. The molecule has 0 radical (unpaired) electrons. The molecule has 0 N–H and O–H groups in total. The van der Waals surface area contributed by atoms with Crippen molar-refractivity contribution in [3.05, 3.63) is 23.8 Å². The van der Waals surface area contributed by atoms with Gasteiger partial charge < -0.3 is 0 Å². The maximum atomic E-state index is 4.19. The van der Waals surface area contributed by atoms with Gasteiger partial charge in [-0.25, -0.2) is 9.55 Å². The highest BCUT2D eigenvalue weighted by molar-refractivity contribution is 4.92. The largest absolute Gasteiger partial charge is 0.249 e. The van der Waals surface area contributed by atoms with Gasteiger partial charge in [0.2, 0.25) is 0 Å². The van der Waals surface area contributed by atoms with Crippen molar-refractivity contribution in [1.82, 2.24) is 4.98 Å². The molecule has 0 fully saturated rings. The quantitative estimate of drug-likeness (QED) is 0.523. The minimum atomic E-state index is 1.05. The highest BCUT2D eigenvalue weighted by Gasteiger charge is 2.02. The number of nitrogens with zero attached hydrogens (tertiary/aromatic N) is 2. The third kappa shape index (κ3) is 1.32. The number of hydrogen-bond acceptors (Lipinski definition) is 1. The third-order valence-corrected chi connectivity index (χ3v) is 1.61. The molecule has 10 heavy (non-hydrogen) atoms. The van der Waals surface area contributed by atoms with Crippen molar-refractivity contribution < 1.29 is 4.57 Å². The van der Waals surface area contributed by atoms with Crippen molar-refractivity contribution in [2.24, 2.45) is 7.05 Å². The van der Waals surface area contributed by atoms with Gasteiger partial charge in [-0.05, 0) is 6.92 Å². The molecule has 0 aliphatic heterocycles. The molecule has 2 nitrogen and oxygen atoms in total. The van der Waals surface area contributed by atoms with Crippen LogP contribution in [-0.4, -0.2) is 4.98 Å². The molecule has 1 rings (SSSR count).